The molecule has 0 unspecified atom stereocenters. The lowest BCUT2D eigenvalue weighted by atomic mass is 10.0. The number of hydrogen-bond donors (Lipinski definition) is 1. The molecule has 0 radical (unpaired) electrons. The number of aryl methyl sites for hydroxylation is 2. The molecule has 2 aromatic heterocycles. The molecule has 9 heteroatoms. The van der Waals surface area contributed by atoms with Crippen LogP contribution in [0.4, 0.5) is 13.2 Å². The van der Waals surface area contributed by atoms with E-state index in [1.54, 1.807) is 28.9 Å². The molecule has 1 aliphatic heterocycles. The number of hydrogen-bond acceptors (Lipinski definition) is 4. The number of fused-ring (bicyclic) bond motifs is 1. The van der Waals surface area contributed by atoms with Crippen LogP contribution in [0.3, 0.4) is 0 Å². The van der Waals surface area contributed by atoms with Crippen molar-refractivity contribution in [3.8, 4) is 17.3 Å². The number of nitriles is 1. The van der Waals surface area contributed by atoms with Crippen molar-refractivity contribution in [2.24, 2.45) is 0 Å². The van der Waals surface area contributed by atoms with E-state index in [9.17, 15) is 23.2 Å². The fourth-order valence-electron chi connectivity index (χ4n) is 3.85. The topological polar surface area (TPSA) is 83.6 Å². The number of rotatable bonds is 4. The molecule has 0 saturated heterocycles. The molecule has 1 amide bonds. The maximum atomic E-state index is 13.0. The monoisotopic (exact) mass is 439 g/mol. The Morgan fingerprint density at radius 1 is 1.28 bits per heavy atom. The van der Waals surface area contributed by atoms with Crippen LogP contribution in [0.2, 0.25) is 0 Å². The molecule has 1 aromatic carbocycles. The van der Waals surface area contributed by atoms with Gasteiger partial charge in [-0.1, -0.05) is 6.92 Å². The summed E-state index contributed by atoms with van der Waals surface area (Å²) in [5, 5.41) is 16.7. The van der Waals surface area contributed by atoms with E-state index in [0.29, 0.717) is 41.8 Å². The summed E-state index contributed by atoms with van der Waals surface area (Å²) in [5.74, 6) is -0.304. The van der Waals surface area contributed by atoms with Gasteiger partial charge in [-0.15, -0.1) is 0 Å². The molecular formula is C23H20F3N5O. The van der Waals surface area contributed by atoms with Gasteiger partial charge in [0.2, 0.25) is 0 Å². The molecule has 32 heavy (non-hydrogen) atoms. The Bertz CT molecular complexity index is 1210. The first-order valence-electron chi connectivity index (χ1n) is 10.2. The molecule has 0 fully saturated rings. The van der Waals surface area contributed by atoms with Crippen LogP contribution < -0.4 is 5.32 Å². The van der Waals surface area contributed by atoms with Crippen LogP contribution in [-0.2, 0) is 19.1 Å². The second-order valence-corrected chi connectivity index (χ2v) is 7.66. The van der Waals surface area contributed by atoms with Crippen molar-refractivity contribution in [3.63, 3.8) is 0 Å². The predicted octanol–water partition coefficient (Wildman–Crippen LogP) is 4.66. The summed E-state index contributed by atoms with van der Waals surface area (Å²) in [6, 6.07) is 11.0. The number of carbonyl (C=O) groups is 1. The summed E-state index contributed by atoms with van der Waals surface area (Å²) >= 11 is 0. The van der Waals surface area contributed by atoms with E-state index in [-0.39, 0.29) is 11.9 Å². The minimum absolute atomic E-state index is 0.304. The molecule has 1 aliphatic rings. The summed E-state index contributed by atoms with van der Waals surface area (Å²) in [6.45, 7) is 2.56. The molecule has 1 atom stereocenters. The first-order chi connectivity index (χ1) is 15.3. The molecule has 3 aromatic rings. The van der Waals surface area contributed by atoms with E-state index < -0.39 is 11.9 Å². The fraction of sp³-hybridized carbons (Fsp3) is 0.304. The second kappa shape index (κ2) is 8.46. The highest BCUT2D eigenvalue weighted by Crippen LogP contribution is 2.33. The summed E-state index contributed by atoms with van der Waals surface area (Å²) in [6.07, 6.45) is -1.28. The maximum absolute atomic E-state index is 13.0. The number of aromatic nitrogens is 3. The predicted molar refractivity (Wildman–Crippen MR) is 110 cm³/mol. The average molecular weight is 439 g/mol. The van der Waals surface area contributed by atoms with Gasteiger partial charge in [-0.3, -0.25) is 14.5 Å². The number of benzene rings is 1. The molecule has 0 saturated carbocycles. The Morgan fingerprint density at radius 2 is 2.09 bits per heavy atom. The van der Waals surface area contributed by atoms with Crippen LogP contribution in [0.1, 0.15) is 58.7 Å². The van der Waals surface area contributed by atoms with E-state index in [0.717, 1.165) is 29.9 Å². The molecule has 0 spiro atoms. The smallest absolute Gasteiger partial charge is 0.344 e. The Kier molecular flexibility index (Phi) is 5.70. The van der Waals surface area contributed by atoms with Crippen molar-refractivity contribution in [2.45, 2.75) is 44.9 Å². The third kappa shape index (κ3) is 4.35. The van der Waals surface area contributed by atoms with Gasteiger partial charge in [0, 0.05) is 23.9 Å². The van der Waals surface area contributed by atoms with Crippen molar-refractivity contribution in [3.05, 3.63) is 70.7 Å². The van der Waals surface area contributed by atoms with Crippen molar-refractivity contribution in [2.75, 3.05) is 0 Å². The molecule has 0 aliphatic carbocycles. The Hall–Kier alpha value is -3.67. The number of alkyl halides is 3. The summed E-state index contributed by atoms with van der Waals surface area (Å²) < 4.78 is 40.8. The molecule has 4 rings (SSSR count). The van der Waals surface area contributed by atoms with Crippen LogP contribution in [0.25, 0.3) is 11.3 Å². The number of halogens is 3. The van der Waals surface area contributed by atoms with Crippen LogP contribution in [-0.4, -0.2) is 20.7 Å². The van der Waals surface area contributed by atoms with E-state index in [1.165, 1.54) is 6.07 Å². The van der Waals surface area contributed by atoms with E-state index in [4.69, 9.17) is 0 Å². The standard InChI is InChI=1S/C23H20F3N5O/c1-2-14-8-15(13-27)10-17(9-14)22(32)29-18-4-3-7-31-20(18)12-19(30-31)16-5-6-28-21(11-16)23(24,25)26/h5-6,8-12,18H,2-4,7H2,1H3,(H,29,32)/t18-/m0/s1. The van der Waals surface area contributed by atoms with Crippen LogP contribution in [0, 0.1) is 11.3 Å². The van der Waals surface area contributed by atoms with Crippen LogP contribution in [0.5, 0.6) is 0 Å². The Labute approximate surface area is 182 Å². The third-order valence-corrected chi connectivity index (χ3v) is 5.47. The largest absolute Gasteiger partial charge is 0.433 e. The normalized spacial score (nSPS) is 15.7. The molecular weight excluding hydrogens is 419 g/mol. The molecule has 0 bridgehead atoms. The summed E-state index contributed by atoms with van der Waals surface area (Å²) in [7, 11) is 0. The molecule has 3 heterocycles. The van der Waals surface area contributed by atoms with Crippen LogP contribution >= 0.6 is 0 Å². The number of carbonyl (C=O) groups excluding carboxylic acids is 1. The Morgan fingerprint density at radius 3 is 2.81 bits per heavy atom. The summed E-state index contributed by atoms with van der Waals surface area (Å²) in [5.41, 5.74) is 2.18. The molecule has 6 nitrogen and oxygen atoms in total. The SMILES string of the molecule is CCc1cc(C#N)cc(C(=O)N[C@H]2CCCn3nc(-c4ccnc(C(F)(F)F)c4)cc32)c1. The quantitative estimate of drug-likeness (QED) is 0.641. The maximum Gasteiger partial charge on any atom is 0.433 e. The van der Waals surface area contributed by atoms with Gasteiger partial charge in [-0.25, -0.2) is 0 Å². The lowest BCUT2D eigenvalue weighted by Crippen LogP contribution is -2.32. The zero-order valence-electron chi connectivity index (χ0n) is 17.3. The van der Waals surface area contributed by atoms with Gasteiger partial charge in [0.1, 0.15) is 5.69 Å². The number of pyridine rings is 1. The van der Waals surface area contributed by atoms with Crippen molar-refractivity contribution >= 4 is 5.91 Å². The molecule has 1 N–H and O–H groups in total. The van der Waals surface area contributed by atoms with Crippen molar-refractivity contribution in [1.82, 2.24) is 20.1 Å². The van der Waals surface area contributed by atoms with E-state index in [1.807, 2.05) is 6.92 Å². The highest BCUT2D eigenvalue weighted by atomic mass is 19.4. The first-order valence-corrected chi connectivity index (χ1v) is 10.2. The van der Waals surface area contributed by atoms with Gasteiger partial charge in [0.25, 0.3) is 5.91 Å². The van der Waals surface area contributed by atoms with Gasteiger partial charge in [-0.05, 0) is 61.2 Å². The zero-order chi connectivity index (χ0) is 22.9. The van der Waals surface area contributed by atoms with Gasteiger partial charge >= 0.3 is 6.18 Å². The second-order valence-electron chi connectivity index (χ2n) is 7.66. The van der Waals surface area contributed by atoms with Crippen LogP contribution in [0.15, 0.2) is 42.6 Å². The Balaban J connectivity index is 1.61. The number of nitrogens with one attached hydrogen (secondary N) is 1. The number of nitrogens with zero attached hydrogens (tertiary/aromatic N) is 4. The first kappa shape index (κ1) is 21.6. The minimum Gasteiger partial charge on any atom is -0.344 e. The lowest BCUT2D eigenvalue weighted by Gasteiger charge is -2.24. The fourth-order valence-corrected chi connectivity index (χ4v) is 3.85. The van der Waals surface area contributed by atoms with Crippen molar-refractivity contribution < 1.29 is 18.0 Å². The summed E-state index contributed by atoms with van der Waals surface area (Å²) in [4.78, 5) is 16.3. The van der Waals surface area contributed by atoms with E-state index >= 15 is 0 Å². The highest BCUT2D eigenvalue weighted by Gasteiger charge is 2.33. The average Bonchev–Trinajstić information content (AvgIpc) is 3.23. The number of amides is 1. The third-order valence-electron chi connectivity index (χ3n) is 5.47. The highest BCUT2D eigenvalue weighted by molar-refractivity contribution is 5.95. The molecule has 164 valence electrons. The van der Waals surface area contributed by atoms with Gasteiger partial charge < -0.3 is 5.32 Å². The van der Waals surface area contributed by atoms with Gasteiger partial charge in [0.15, 0.2) is 0 Å². The zero-order valence-corrected chi connectivity index (χ0v) is 17.3. The lowest BCUT2D eigenvalue weighted by molar-refractivity contribution is -0.141. The van der Waals surface area contributed by atoms with E-state index in [2.05, 4.69) is 21.5 Å². The minimum atomic E-state index is -4.54. The van der Waals surface area contributed by atoms with Gasteiger partial charge in [-0.2, -0.15) is 23.5 Å². The van der Waals surface area contributed by atoms with Gasteiger partial charge in [0.05, 0.1) is 29.1 Å². The van der Waals surface area contributed by atoms with Crippen molar-refractivity contribution in [1.29, 1.82) is 5.26 Å².